The van der Waals surface area contributed by atoms with E-state index in [0.29, 0.717) is 13.2 Å². The van der Waals surface area contributed by atoms with Gasteiger partial charge in [0.1, 0.15) is 6.10 Å². The zero-order chi connectivity index (χ0) is 13.9. The van der Waals surface area contributed by atoms with Gasteiger partial charge in [0.15, 0.2) is 0 Å². The summed E-state index contributed by atoms with van der Waals surface area (Å²) in [6.07, 6.45) is 1.39. The molecule has 6 heteroatoms. The van der Waals surface area contributed by atoms with Gasteiger partial charge < -0.3 is 19.9 Å². The summed E-state index contributed by atoms with van der Waals surface area (Å²) in [5.41, 5.74) is 2.70. The molecule has 0 radical (unpaired) electrons. The molecule has 1 unspecified atom stereocenters. The molecule has 2 heterocycles. The second-order valence-corrected chi connectivity index (χ2v) is 4.79. The van der Waals surface area contributed by atoms with Gasteiger partial charge in [-0.05, 0) is 25.1 Å². The van der Waals surface area contributed by atoms with E-state index in [1.165, 1.54) is 0 Å². The van der Waals surface area contributed by atoms with Crippen molar-refractivity contribution in [2.75, 3.05) is 25.0 Å². The molecule has 1 aromatic carbocycles. The zero-order valence-corrected chi connectivity index (χ0v) is 11.4. The highest BCUT2D eigenvalue weighted by Gasteiger charge is 2.21. The lowest BCUT2D eigenvalue weighted by atomic mass is 10.2. The van der Waals surface area contributed by atoms with Crippen molar-refractivity contribution in [1.29, 1.82) is 0 Å². The predicted molar refractivity (Wildman–Crippen MR) is 76.6 cm³/mol. The van der Waals surface area contributed by atoms with Crippen molar-refractivity contribution in [2.24, 2.45) is 0 Å². The predicted octanol–water partition coefficient (Wildman–Crippen LogP) is 0.983. The van der Waals surface area contributed by atoms with E-state index in [2.05, 4.69) is 27.1 Å². The molecule has 20 heavy (non-hydrogen) atoms. The minimum atomic E-state index is -0.423. The summed E-state index contributed by atoms with van der Waals surface area (Å²) in [5, 5.41) is 6.02. The number of amides is 1. The molecule has 0 bridgehead atoms. The van der Waals surface area contributed by atoms with Gasteiger partial charge in [-0.2, -0.15) is 0 Å². The first-order valence-corrected chi connectivity index (χ1v) is 6.86. The van der Waals surface area contributed by atoms with Crippen LogP contribution in [0.15, 0.2) is 24.5 Å². The molecule has 3 rings (SSSR count). The first-order valence-electron chi connectivity index (χ1n) is 6.86. The number of anilines is 1. The van der Waals surface area contributed by atoms with E-state index in [0.717, 1.165) is 29.8 Å². The largest absolute Gasteiger partial charge is 0.366 e. The van der Waals surface area contributed by atoms with E-state index < -0.39 is 6.10 Å². The Morgan fingerprint density at radius 3 is 3.25 bits per heavy atom. The third-order valence-electron chi connectivity index (χ3n) is 3.45. The summed E-state index contributed by atoms with van der Waals surface area (Å²) in [4.78, 5) is 16.4. The molecule has 1 fully saturated rings. The molecule has 6 nitrogen and oxygen atoms in total. The Morgan fingerprint density at radius 1 is 1.60 bits per heavy atom. The number of hydrogen-bond donors (Lipinski definition) is 2. The number of benzene rings is 1. The number of ether oxygens (including phenoxy) is 1. The number of morpholine rings is 1. The number of rotatable bonds is 3. The molecule has 1 saturated heterocycles. The van der Waals surface area contributed by atoms with Gasteiger partial charge >= 0.3 is 0 Å². The van der Waals surface area contributed by atoms with Gasteiger partial charge in [-0.25, -0.2) is 4.98 Å². The topological polar surface area (TPSA) is 68.2 Å². The van der Waals surface area contributed by atoms with Crippen LogP contribution in [0.5, 0.6) is 0 Å². The molecule has 0 spiro atoms. The number of aryl methyl sites for hydroxylation is 1. The molecule has 1 aliphatic rings. The van der Waals surface area contributed by atoms with Crippen LogP contribution in [-0.4, -0.2) is 41.3 Å². The molecule has 1 aromatic heterocycles. The lowest BCUT2D eigenvalue weighted by molar-refractivity contribution is -0.128. The summed E-state index contributed by atoms with van der Waals surface area (Å²) >= 11 is 0. The van der Waals surface area contributed by atoms with Gasteiger partial charge in [-0.15, -0.1) is 0 Å². The van der Waals surface area contributed by atoms with Gasteiger partial charge in [0.25, 0.3) is 5.91 Å². The van der Waals surface area contributed by atoms with Crippen molar-refractivity contribution in [3.8, 4) is 0 Å². The van der Waals surface area contributed by atoms with Crippen LogP contribution in [0.2, 0.25) is 0 Å². The standard InChI is InChI=1S/C14H18N4O2/c1-2-18-9-16-11-7-10(3-4-12(11)18)17-14(19)13-8-15-5-6-20-13/h3-4,7,9,13,15H,2,5-6,8H2,1H3,(H,17,19). The highest BCUT2D eigenvalue weighted by molar-refractivity contribution is 5.96. The average Bonchev–Trinajstić information content (AvgIpc) is 2.90. The van der Waals surface area contributed by atoms with Crippen LogP contribution in [0.25, 0.3) is 11.0 Å². The maximum absolute atomic E-state index is 12.1. The van der Waals surface area contributed by atoms with E-state index in [1.807, 2.05) is 24.5 Å². The first kappa shape index (κ1) is 13.1. The number of nitrogens with zero attached hydrogens (tertiary/aromatic N) is 2. The van der Waals surface area contributed by atoms with E-state index in [4.69, 9.17) is 4.74 Å². The van der Waals surface area contributed by atoms with Crippen molar-refractivity contribution >= 4 is 22.6 Å². The molecular formula is C14H18N4O2. The first-order chi connectivity index (χ1) is 9.78. The molecule has 0 aliphatic carbocycles. The lowest BCUT2D eigenvalue weighted by Gasteiger charge is -2.22. The molecule has 1 aliphatic heterocycles. The van der Waals surface area contributed by atoms with E-state index >= 15 is 0 Å². The Bertz CT molecular complexity index is 617. The van der Waals surface area contributed by atoms with E-state index in [9.17, 15) is 4.79 Å². The summed E-state index contributed by atoms with van der Waals surface area (Å²) in [7, 11) is 0. The van der Waals surface area contributed by atoms with Crippen LogP contribution < -0.4 is 10.6 Å². The van der Waals surface area contributed by atoms with Crippen LogP contribution in [0.4, 0.5) is 5.69 Å². The summed E-state index contributed by atoms with van der Waals surface area (Å²) in [6, 6.07) is 5.75. The Hall–Kier alpha value is -1.92. The lowest BCUT2D eigenvalue weighted by Crippen LogP contribution is -2.45. The molecule has 1 amide bonds. The van der Waals surface area contributed by atoms with Crippen molar-refractivity contribution in [1.82, 2.24) is 14.9 Å². The fourth-order valence-electron chi connectivity index (χ4n) is 2.35. The van der Waals surface area contributed by atoms with Crippen molar-refractivity contribution in [3.05, 3.63) is 24.5 Å². The molecular weight excluding hydrogens is 256 g/mol. The molecule has 2 aromatic rings. The summed E-state index contributed by atoms with van der Waals surface area (Å²) < 4.78 is 7.49. The van der Waals surface area contributed by atoms with E-state index in [-0.39, 0.29) is 5.91 Å². The number of nitrogens with one attached hydrogen (secondary N) is 2. The number of imidazole rings is 1. The van der Waals surface area contributed by atoms with E-state index in [1.54, 1.807) is 0 Å². The Labute approximate surface area is 117 Å². The molecule has 0 saturated carbocycles. The van der Waals surface area contributed by atoms with Crippen LogP contribution in [0.3, 0.4) is 0 Å². The highest BCUT2D eigenvalue weighted by Crippen LogP contribution is 2.18. The quantitative estimate of drug-likeness (QED) is 0.875. The maximum atomic E-state index is 12.1. The Morgan fingerprint density at radius 2 is 2.50 bits per heavy atom. The molecule has 106 valence electrons. The smallest absolute Gasteiger partial charge is 0.254 e. The average molecular weight is 274 g/mol. The number of hydrogen-bond acceptors (Lipinski definition) is 4. The number of aromatic nitrogens is 2. The summed E-state index contributed by atoms with van der Waals surface area (Å²) in [5.74, 6) is -0.119. The van der Waals surface area contributed by atoms with Gasteiger partial charge in [0, 0.05) is 25.3 Å². The maximum Gasteiger partial charge on any atom is 0.254 e. The number of fused-ring (bicyclic) bond motifs is 1. The monoisotopic (exact) mass is 274 g/mol. The normalized spacial score (nSPS) is 19.1. The third kappa shape index (κ3) is 2.52. The van der Waals surface area contributed by atoms with Crippen molar-refractivity contribution in [2.45, 2.75) is 19.6 Å². The van der Waals surface area contributed by atoms with Gasteiger partial charge in [-0.1, -0.05) is 0 Å². The van der Waals surface area contributed by atoms with Crippen LogP contribution in [-0.2, 0) is 16.1 Å². The fraction of sp³-hybridized carbons (Fsp3) is 0.429. The number of carbonyl (C=O) groups is 1. The Kier molecular flexibility index (Phi) is 3.66. The zero-order valence-electron chi connectivity index (χ0n) is 11.4. The second kappa shape index (κ2) is 5.60. The SMILES string of the molecule is CCn1cnc2cc(NC(=O)C3CNCCO3)ccc21. The third-order valence-corrected chi connectivity index (χ3v) is 3.45. The highest BCUT2D eigenvalue weighted by atomic mass is 16.5. The molecule has 2 N–H and O–H groups in total. The summed E-state index contributed by atoms with van der Waals surface area (Å²) in [6.45, 7) is 4.87. The van der Waals surface area contributed by atoms with Gasteiger partial charge in [0.05, 0.1) is 24.0 Å². The Balaban J connectivity index is 1.75. The van der Waals surface area contributed by atoms with Crippen molar-refractivity contribution in [3.63, 3.8) is 0 Å². The van der Waals surface area contributed by atoms with Crippen LogP contribution in [0, 0.1) is 0 Å². The molecule has 1 atom stereocenters. The van der Waals surface area contributed by atoms with Gasteiger partial charge in [-0.3, -0.25) is 4.79 Å². The fourth-order valence-corrected chi connectivity index (χ4v) is 2.35. The van der Waals surface area contributed by atoms with Crippen molar-refractivity contribution < 1.29 is 9.53 Å². The number of carbonyl (C=O) groups excluding carboxylic acids is 1. The van der Waals surface area contributed by atoms with Gasteiger partial charge in [0.2, 0.25) is 0 Å². The van der Waals surface area contributed by atoms with Crippen LogP contribution >= 0.6 is 0 Å². The minimum Gasteiger partial charge on any atom is -0.366 e. The second-order valence-electron chi connectivity index (χ2n) is 4.79. The van der Waals surface area contributed by atoms with Crippen LogP contribution in [0.1, 0.15) is 6.92 Å². The minimum absolute atomic E-state index is 0.119.